The summed E-state index contributed by atoms with van der Waals surface area (Å²) in [5.41, 5.74) is 1.99. The van der Waals surface area contributed by atoms with E-state index in [4.69, 9.17) is 0 Å². The predicted molar refractivity (Wildman–Crippen MR) is 105 cm³/mol. The van der Waals surface area contributed by atoms with Gasteiger partial charge in [0.15, 0.2) is 0 Å². The molecule has 27 heavy (non-hydrogen) atoms. The van der Waals surface area contributed by atoms with Crippen LogP contribution in [0.1, 0.15) is 36.0 Å². The average molecular weight is 365 g/mol. The molecule has 1 aliphatic rings. The third-order valence-electron chi connectivity index (χ3n) is 4.44. The molecule has 0 aromatic heterocycles. The molecule has 0 bridgehead atoms. The molecule has 0 radical (unpaired) electrons. The highest BCUT2D eigenvalue weighted by molar-refractivity contribution is 6.02. The molecule has 2 aromatic rings. The van der Waals surface area contributed by atoms with Crippen molar-refractivity contribution < 1.29 is 14.4 Å². The lowest BCUT2D eigenvalue weighted by atomic mass is 10.2. The molecular formula is C21H23N3O3. The first kappa shape index (κ1) is 18.6. The van der Waals surface area contributed by atoms with Crippen LogP contribution in [0.15, 0.2) is 54.6 Å². The van der Waals surface area contributed by atoms with Gasteiger partial charge in [0.05, 0.1) is 11.4 Å². The second-order valence-electron chi connectivity index (χ2n) is 6.44. The van der Waals surface area contributed by atoms with Crippen LogP contribution in [-0.4, -0.2) is 30.8 Å². The first-order chi connectivity index (χ1) is 13.1. The first-order valence-corrected chi connectivity index (χ1v) is 9.17. The fourth-order valence-electron chi connectivity index (χ4n) is 3.07. The highest BCUT2D eigenvalue weighted by Crippen LogP contribution is 2.29. The van der Waals surface area contributed by atoms with Crippen molar-refractivity contribution in [3.63, 3.8) is 0 Å². The Morgan fingerprint density at radius 1 is 1.00 bits per heavy atom. The van der Waals surface area contributed by atoms with Crippen LogP contribution in [0.5, 0.6) is 0 Å². The number of hydrogen-bond acceptors (Lipinski definition) is 3. The molecule has 1 fully saturated rings. The van der Waals surface area contributed by atoms with Gasteiger partial charge in [-0.2, -0.15) is 0 Å². The van der Waals surface area contributed by atoms with Gasteiger partial charge in [0.25, 0.3) is 5.91 Å². The van der Waals surface area contributed by atoms with Crippen LogP contribution in [-0.2, 0) is 9.59 Å². The van der Waals surface area contributed by atoms with E-state index in [1.807, 2.05) is 36.4 Å². The van der Waals surface area contributed by atoms with E-state index in [1.165, 1.54) is 0 Å². The minimum atomic E-state index is -0.145. The molecule has 1 saturated heterocycles. The molecular weight excluding hydrogens is 342 g/mol. The number of para-hydroxylation sites is 2. The maximum absolute atomic E-state index is 12.2. The Morgan fingerprint density at radius 2 is 1.74 bits per heavy atom. The van der Waals surface area contributed by atoms with Gasteiger partial charge in [0.2, 0.25) is 11.8 Å². The topological polar surface area (TPSA) is 78.5 Å². The monoisotopic (exact) mass is 365 g/mol. The number of rotatable bonds is 7. The van der Waals surface area contributed by atoms with Crippen molar-refractivity contribution in [2.24, 2.45) is 0 Å². The van der Waals surface area contributed by atoms with Gasteiger partial charge in [-0.15, -0.1) is 0 Å². The fraction of sp³-hybridized carbons (Fsp3) is 0.286. The van der Waals surface area contributed by atoms with Crippen molar-refractivity contribution in [2.75, 3.05) is 23.3 Å². The summed E-state index contributed by atoms with van der Waals surface area (Å²) in [6.45, 7) is 1.10. The van der Waals surface area contributed by atoms with Crippen LogP contribution in [0.2, 0.25) is 0 Å². The number of hydrogen-bond donors (Lipinski definition) is 2. The Labute approximate surface area is 158 Å². The van der Waals surface area contributed by atoms with E-state index in [2.05, 4.69) is 10.6 Å². The molecule has 2 N–H and O–H groups in total. The lowest BCUT2D eigenvalue weighted by Crippen LogP contribution is -2.26. The molecule has 2 aromatic carbocycles. The smallest absolute Gasteiger partial charge is 0.251 e. The van der Waals surface area contributed by atoms with Gasteiger partial charge in [-0.25, -0.2) is 0 Å². The quantitative estimate of drug-likeness (QED) is 0.741. The Bertz CT molecular complexity index is 820. The van der Waals surface area contributed by atoms with E-state index in [1.54, 1.807) is 23.1 Å². The summed E-state index contributed by atoms with van der Waals surface area (Å²) in [7, 11) is 0. The molecule has 0 aliphatic carbocycles. The standard InChI is InChI=1S/C21H23N3O3/c25-19(12-6-14-22-21(27)16-8-2-1-3-9-16)23-17-10-4-5-11-18(17)24-15-7-13-20(24)26/h1-5,8-11H,6-7,12-15H2,(H,22,27)(H,23,25). The number of carbonyl (C=O) groups excluding carboxylic acids is 3. The molecule has 140 valence electrons. The average Bonchev–Trinajstić information content (AvgIpc) is 3.12. The van der Waals surface area contributed by atoms with Gasteiger partial charge < -0.3 is 15.5 Å². The van der Waals surface area contributed by atoms with Gasteiger partial charge in [0, 0.05) is 31.5 Å². The lowest BCUT2D eigenvalue weighted by molar-refractivity contribution is -0.117. The van der Waals surface area contributed by atoms with E-state index < -0.39 is 0 Å². The Balaban J connectivity index is 1.47. The summed E-state index contributed by atoms with van der Waals surface area (Å²) >= 11 is 0. The number of nitrogens with one attached hydrogen (secondary N) is 2. The molecule has 1 heterocycles. The Kier molecular flexibility index (Phi) is 6.20. The summed E-state index contributed by atoms with van der Waals surface area (Å²) in [6, 6.07) is 16.3. The van der Waals surface area contributed by atoms with E-state index in [-0.39, 0.29) is 24.1 Å². The zero-order valence-electron chi connectivity index (χ0n) is 15.1. The van der Waals surface area contributed by atoms with Crippen LogP contribution < -0.4 is 15.5 Å². The SMILES string of the molecule is O=C(CCCNC(=O)c1ccccc1)Nc1ccccc1N1CCCC1=O. The number of anilines is 2. The van der Waals surface area contributed by atoms with Gasteiger partial charge >= 0.3 is 0 Å². The molecule has 0 saturated carbocycles. The third-order valence-corrected chi connectivity index (χ3v) is 4.44. The van der Waals surface area contributed by atoms with Crippen molar-refractivity contribution in [3.8, 4) is 0 Å². The normalized spacial score (nSPS) is 13.5. The molecule has 0 atom stereocenters. The van der Waals surface area contributed by atoms with Crippen LogP contribution in [0, 0.1) is 0 Å². The maximum atomic E-state index is 12.2. The fourth-order valence-corrected chi connectivity index (χ4v) is 3.07. The van der Waals surface area contributed by atoms with E-state index in [9.17, 15) is 14.4 Å². The third kappa shape index (κ3) is 4.94. The van der Waals surface area contributed by atoms with Crippen molar-refractivity contribution in [3.05, 3.63) is 60.2 Å². The van der Waals surface area contributed by atoms with Gasteiger partial charge in [-0.3, -0.25) is 14.4 Å². The minimum absolute atomic E-state index is 0.0836. The van der Waals surface area contributed by atoms with Crippen molar-refractivity contribution in [1.29, 1.82) is 0 Å². The largest absolute Gasteiger partial charge is 0.352 e. The summed E-state index contributed by atoms with van der Waals surface area (Å²) in [6.07, 6.45) is 2.21. The molecule has 3 amide bonds. The Morgan fingerprint density at radius 3 is 2.48 bits per heavy atom. The van der Waals surface area contributed by atoms with Crippen LogP contribution in [0.3, 0.4) is 0 Å². The zero-order chi connectivity index (χ0) is 19.1. The first-order valence-electron chi connectivity index (χ1n) is 9.17. The molecule has 1 aliphatic heterocycles. The van der Waals surface area contributed by atoms with Crippen molar-refractivity contribution >= 4 is 29.1 Å². The maximum Gasteiger partial charge on any atom is 0.251 e. The highest BCUT2D eigenvalue weighted by Gasteiger charge is 2.24. The summed E-state index contributed by atoms with van der Waals surface area (Å²) in [4.78, 5) is 37.9. The van der Waals surface area contributed by atoms with E-state index in [0.29, 0.717) is 37.2 Å². The number of amides is 3. The summed E-state index contributed by atoms with van der Waals surface area (Å²) in [5, 5.41) is 5.69. The molecule has 0 spiro atoms. The minimum Gasteiger partial charge on any atom is -0.352 e. The molecule has 0 unspecified atom stereocenters. The second kappa shape index (κ2) is 8.98. The van der Waals surface area contributed by atoms with Crippen LogP contribution >= 0.6 is 0 Å². The second-order valence-corrected chi connectivity index (χ2v) is 6.44. The zero-order valence-corrected chi connectivity index (χ0v) is 15.1. The van der Waals surface area contributed by atoms with E-state index in [0.717, 1.165) is 12.1 Å². The van der Waals surface area contributed by atoms with E-state index >= 15 is 0 Å². The van der Waals surface area contributed by atoms with Crippen LogP contribution in [0.25, 0.3) is 0 Å². The predicted octanol–water partition coefficient (Wildman–Crippen LogP) is 2.96. The summed E-state index contributed by atoms with van der Waals surface area (Å²) in [5.74, 6) is -0.197. The van der Waals surface area contributed by atoms with Gasteiger partial charge in [0.1, 0.15) is 0 Å². The Hall–Kier alpha value is -3.15. The lowest BCUT2D eigenvalue weighted by Gasteiger charge is -2.20. The highest BCUT2D eigenvalue weighted by atomic mass is 16.2. The van der Waals surface area contributed by atoms with Gasteiger partial charge in [-0.1, -0.05) is 30.3 Å². The number of benzene rings is 2. The molecule has 6 heteroatoms. The molecule has 3 rings (SSSR count). The number of nitrogens with zero attached hydrogens (tertiary/aromatic N) is 1. The molecule has 6 nitrogen and oxygen atoms in total. The summed E-state index contributed by atoms with van der Waals surface area (Å²) < 4.78 is 0. The van der Waals surface area contributed by atoms with Gasteiger partial charge in [-0.05, 0) is 37.1 Å². The van der Waals surface area contributed by atoms with Crippen molar-refractivity contribution in [2.45, 2.75) is 25.7 Å². The van der Waals surface area contributed by atoms with Crippen molar-refractivity contribution in [1.82, 2.24) is 5.32 Å². The number of carbonyl (C=O) groups is 3. The van der Waals surface area contributed by atoms with Crippen LogP contribution in [0.4, 0.5) is 11.4 Å².